The summed E-state index contributed by atoms with van der Waals surface area (Å²) in [6.07, 6.45) is 7.32. The Balaban J connectivity index is 1.80. The van der Waals surface area contributed by atoms with Gasteiger partial charge in [-0.05, 0) is 46.5 Å². The highest BCUT2D eigenvalue weighted by Crippen LogP contribution is 2.34. The van der Waals surface area contributed by atoms with Crippen molar-refractivity contribution in [2.75, 3.05) is 19.5 Å². The molecule has 0 fully saturated rings. The maximum Gasteiger partial charge on any atom is 0.0561 e. The average Bonchev–Trinajstić information content (AvgIpc) is 3.19. The summed E-state index contributed by atoms with van der Waals surface area (Å²) < 4.78 is 0. The first-order valence-electron chi connectivity index (χ1n) is 9.17. The summed E-state index contributed by atoms with van der Waals surface area (Å²) in [7, 11) is 4.19. The molecular formula is C24H23N3. The van der Waals surface area contributed by atoms with Crippen LogP contribution in [0.2, 0.25) is 0 Å². The van der Waals surface area contributed by atoms with E-state index in [2.05, 4.69) is 78.1 Å². The average molecular weight is 353 g/mol. The summed E-state index contributed by atoms with van der Waals surface area (Å²) in [5.74, 6) is 0. The Morgan fingerprint density at radius 1 is 0.926 bits per heavy atom. The number of nitrogens with one attached hydrogen (secondary N) is 1. The van der Waals surface area contributed by atoms with Crippen molar-refractivity contribution in [3.63, 3.8) is 0 Å². The molecule has 3 heteroatoms. The number of hydrogen-bond donors (Lipinski definition) is 1. The van der Waals surface area contributed by atoms with Crippen LogP contribution in [0.15, 0.2) is 89.7 Å². The van der Waals surface area contributed by atoms with E-state index in [9.17, 15) is 0 Å². The number of benzene rings is 3. The Kier molecular flexibility index (Phi) is 4.75. The van der Waals surface area contributed by atoms with Gasteiger partial charge < -0.3 is 4.90 Å². The Hall–Kier alpha value is -3.33. The van der Waals surface area contributed by atoms with Gasteiger partial charge in [0.25, 0.3) is 0 Å². The molecule has 0 bridgehead atoms. The maximum atomic E-state index is 4.53. The van der Waals surface area contributed by atoms with Crippen molar-refractivity contribution in [2.45, 2.75) is 6.42 Å². The summed E-state index contributed by atoms with van der Waals surface area (Å²) in [5, 5.41) is 6.97. The van der Waals surface area contributed by atoms with Gasteiger partial charge >= 0.3 is 0 Å². The summed E-state index contributed by atoms with van der Waals surface area (Å²) in [6.45, 7) is 0. The quantitative estimate of drug-likeness (QED) is 0.483. The van der Waals surface area contributed by atoms with Gasteiger partial charge in [-0.15, -0.1) is 0 Å². The van der Waals surface area contributed by atoms with Crippen molar-refractivity contribution in [1.82, 2.24) is 4.90 Å². The number of anilines is 1. The maximum absolute atomic E-state index is 4.53. The molecular weight excluding hydrogens is 330 g/mol. The van der Waals surface area contributed by atoms with Crippen LogP contribution in [0, 0.1) is 0 Å². The standard InChI is InChI=1S/C24H23N3/c1-27(2)24-14-8-13-22(24)21-16-15-18-9-6-7-12-20(18)23(21)17-25-26-19-10-4-3-5-11-19/h3-12,14-17,26H,13H2,1-2H3/b25-17+. The van der Waals surface area contributed by atoms with Gasteiger partial charge in [0, 0.05) is 25.4 Å². The molecule has 0 heterocycles. The summed E-state index contributed by atoms with van der Waals surface area (Å²) in [5.41, 5.74) is 9.10. The number of fused-ring (bicyclic) bond motifs is 1. The van der Waals surface area contributed by atoms with Gasteiger partial charge in [0.1, 0.15) is 0 Å². The molecule has 0 aromatic heterocycles. The van der Waals surface area contributed by atoms with Gasteiger partial charge in [0.15, 0.2) is 0 Å². The van der Waals surface area contributed by atoms with Crippen molar-refractivity contribution in [3.8, 4) is 0 Å². The normalized spacial score (nSPS) is 13.7. The fourth-order valence-electron chi connectivity index (χ4n) is 3.54. The predicted octanol–water partition coefficient (Wildman–Crippen LogP) is 5.52. The third kappa shape index (κ3) is 3.49. The van der Waals surface area contributed by atoms with E-state index in [1.54, 1.807) is 0 Å². The molecule has 27 heavy (non-hydrogen) atoms. The molecule has 1 N–H and O–H groups in total. The monoisotopic (exact) mass is 353 g/mol. The molecule has 3 aromatic carbocycles. The Morgan fingerprint density at radius 2 is 1.70 bits per heavy atom. The number of hydrogen-bond acceptors (Lipinski definition) is 3. The second-order valence-corrected chi connectivity index (χ2v) is 6.85. The molecule has 0 radical (unpaired) electrons. The second-order valence-electron chi connectivity index (χ2n) is 6.85. The van der Waals surface area contributed by atoms with Crippen molar-refractivity contribution in [1.29, 1.82) is 0 Å². The summed E-state index contributed by atoms with van der Waals surface area (Å²) >= 11 is 0. The lowest BCUT2D eigenvalue weighted by Crippen LogP contribution is -2.10. The molecule has 0 amide bonds. The molecule has 0 unspecified atom stereocenters. The van der Waals surface area contributed by atoms with Gasteiger partial charge in [0.2, 0.25) is 0 Å². The molecule has 3 aromatic rings. The van der Waals surface area contributed by atoms with Crippen LogP contribution < -0.4 is 5.43 Å². The second kappa shape index (κ2) is 7.50. The Morgan fingerprint density at radius 3 is 2.52 bits per heavy atom. The number of nitrogens with zero attached hydrogens (tertiary/aromatic N) is 2. The summed E-state index contributed by atoms with van der Waals surface area (Å²) in [4.78, 5) is 2.18. The zero-order valence-corrected chi connectivity index (χ0v) is 15.7. The largest absolute Gasteiger partial charge is 0.377 e. The molecule has 1 aliphatic rings. The van der Waals surface area contributed by atoms with Crippen molar-refractivity contribution < 1.29 is 0 Å². The van der Waals surface area contributed by atoms with Crippen molar-refractivity contribution in [3.05, 3.63) is 95.7 Å². The first-order chi connectivity index (χ1) is 13.2. The minimum absolute atomic E-state index is 0.943. The van der Waals surface area contributed by atoms with E-state index >= 15 is 0 Å². The molecule has 1 aliphatic carbocycles. The number of allylic oxidation sites excluding steroid dienone is 3. The van der Waals surface area contributed by atoms with Gasteiger partial charge in [-0.1, -0.05) is 60.7 Å². The van der Waals surface area contributed by atoms with E-state index in [0.29, 0.717) is 0 Å². The van der Waals surface area contributed by atoms with E-state index < -0.39 is 0 Å². The van der Waals surface area contributed by atoms with Crippen molar-refractivity contribution in [2.24, 2.45) is 5.10 Å². The number of likely N-dealkylation sites (N-methyl/N-ethyl adjacent to an activating group) is 1. The minimum atomic E-state index is 0.943. The van der Waals surface area contributed by atoms with Gasteiger partial charge in [-0.2, -0.15) is 5.10 Å². The van der Waals surface area contributed by atoms with E-state index in [1.807, 2.05) is 36.5 Å². The zero-order valence-electron chi connectivity index (χ0n) is 15.7. The fourth-order valence-corrected chi connectivity index (χ4v) is 3.54. The van der Waals surface area contributed by atoms with Crippen LogP contribution >= 0.6 is 0 Å². The molecule has 0 saturated heterocycles. The van der Waals surface area contributed by atoms with Crippen molar-refractivity contribution >= 4 is 28.2 Å². The van der Waals surface area contributed by atoms with E-state index in [-0.39, 0.29) is 0 Å². The van der Waals surface area contributed by atoms with E-state index in [1.165, 1.54) is 27.6 Å². The van der Waals surface area contributed by atoms with Crippen LogP contribution in [0.4, 0.5) is 5.69 Å². The highest BCUT2D eigenvalue weighted by atomic mass is 15.3. The molecule has 0 saturated carbocycles. The lowest BCUT2D eigenvalue weighted by Gasteiger charge is -2.18. The summed E-state index contributed by atoms with van der Waals surface area (Å²) in [6, 6.07) is 22.9. The smallest absolute Gasteiger partial charge is 0.0561 e. The third-order valence-electron chi connectivity index (χ3n) is 4.85. The Bertz CT molecular complexity index is 1040. The third-order valence-corrected chi connectivity index (χ3v) is 4.85. The molecule has 134 valence electrons. The predicted molar refractivity (Wildman–Crippen MR) is 116 cm³/mol. The lowest BCUT2D eigenvalue weighted by atomic mass is 9.93. The van der Waals surface area contributed by atoms with Crippen LogP contribution in [-0.2, 0) is 0 Å². The molecule has 4 rings (SSSR count). The van der Waals surface area contributed by atoms with Crippen LogP contribution in [0.3, 0.4) is 0 Å². The molecule has 3 nitrogen and oxygen atoms in total. The lowest BCUT2D eigenvalue weighted by molar-refractivity contribution is 0.533. The fraction of sp³-hybridized carbons (Fsp3) is 0.125. The Labute approximate surface area is 160 Å². The van der Waals surface area contributed by atoms with Crippen LogP contribution in [-0.4, -0.2) is 25.2 Å². The highest BCUT2D eigenvalue weighted by Gasteiger charge is 2.17. The first-order valence-corrected chi connectivity index (χ1v) is 9.17. The molecule has 0 aliphatic heterocycles. The van der Waals surface area contributed by atoms with E-state index in [4.69, 9.17) is 0 Å². The number of rotatable bonds is 5. The van der Waals surface area contributed by atoms with E-state index in [0.717, 1.165) is 17.7 Å². The van der Waals surface area contributed by atoms with Gasteiger partial charge in [0.05, 0.1) is 11.9 Å². The number of para-hydroxylation sites is 1. The highest BCUT2D eigenvalue weighted by molar-refractivity contribution is 6.05. The number of hydrazone groups is 1. The topological polar surface area (TPSA) is 27.6 Å². The van der Waals surface area contributed by atoms with Crippen LogP contribution in [0.1, 0.15) is 17.5 Å². The van der Waals surface area contributed by atoms with Gasteiger partial charge in [-0.3, -0.25) is 5.43 Å². The first kappa shape index (κ1) is 17.1. The van der Waals surface area contributed by atoms with Crippen LogP contribution in [0.25, 0.3) is 16.3 Å². The minimum Gasteiger partial charge on any atom is -0.377 e. The SMILES string of the molecule is CN(C)C1=C(c2ccc3ccccc3c2/C=N/Nc2ccccc2)CC=C1. The van der Waals surface area contributed by atoms with Gasteiger partial charge in [-0.25, -0.2) is 0 Å². The molecule has 0 spiro atoms. The van der Waals surface area contributed by atoms with Crippen LogP contribution in [0.5, 0.6) is 0 Å². The molecule has 0 atom stereocenters. The zero-order chi connectivity index (χ0) is 18.6.